The summed E-state index contributed by atoms with van der Waals surface area (Å²) < 4.78 is 0. The van der Waals surface area contributed by atoms with Crippen molar-refractivity contribution in [2.45, 2.75) is 33.2 Å². The minimum atomic E-state index is -0.481. The maximum absolute atomic E-state index is 12.6. The zero-order valence-corrected chi connectivity index (χ0v) is 19.1. The predicted molar refractivity (Wildman–Crippen MR) is 127 cm³/mol. The topological polar surface area (TPSA) is 111 Å². The summed E-state index contributed by atoms with van der Waals surface area (Å²) in [5.41, 5.74) is 2.77. The standard InChI is InChI=1S/C24H29N5O4/c1-4-28(16(2)3)20-11-5-17(6-12-20)23(32)27-19-9-7-18(8-10-19)26-21(30)13-14-29-22(31)15-25-24(29)33/h5-12,16H,4,13-15H2,1-3H3,(H,25,33)(H,26,30)(H,27,32). The van der Waals surface area contributed by atoms with Gasteiger partial charge in [-0.1, -0.05) is 0 Å². The first kappa shape index (κ1) is 23.8. The van der Waals surface area contributed by atoms with Crippen molar-refractivity contribution in [2.75, 3.05) is 35.2 Å². The van der Waals surface area contributed by atoms with Crippen LogP contribution in [0, 0.1) is 0 Å². The van der Waals surface area contributed by atoms with Crippen LogP contribution in [0.1, 0.15) is 37.6 Å². The first-order valence-electron chi connectivity index (χ1n) is 10.9. The van der Waals surface area contributed by atoms with Gasteiger partial charge < -0.3 is 20.9 Å². The number of carbonyl (C=O) groups excluding carboxylic acids is 4. The minimum absolute atomic E-state index is 0.0000876. The van der Waals surface area contributed by atoms with Gasteiger partial charge in [-0.05, 0) is 69.3 Å². The highest BCUT2D eigenvalue weighted by molar-refractivity contribution is 6.05. The van der Waals surface area contributed by atoms with E-state index in [1.54, 1.807) is 36.4 Å². The first-order chi connectivity index (χ1) is 15.8. The van der Waals surface area contributed by atoms with Gasteiger partial charge in [0.15, 0.2) is 0 Å². The van der Waals surface area contributed by atoms with Gasteiger partial charge in [-0.25, -0.2) is 4.79 Å². The summed E-state index contributed by atoms with van der Waals surface area (Å²) in [4.78, 5) is 51.0. The van der Waals surface area contributed by atoms with E-state index in [0.29, 0.717) is 23.0 Å². The van der Waals surface area contributed by atoms with Crippen molar-refractivity contribution < 1.29 is 19.2 Å². The van der Waals surface area contributed by atoms with Gasteiger partial charge >= 0.3 is 6.03 Å². The maximum Gasteiger partial charge on any atom is 0.324 e. The van der Waals surface area contributed by atoms with E-state index in [0.717, 1.165) is 17.1 Å². The molecule has 33 heavy (non-hydrogen) atoms. The van der Waals surface area contributed by atoms with Crippen LogP contribution in [0.5, 0.6) is 0 Å². The largest absolute Gasteiger partial charge is 0.369 e. The number of hydrogen-bond acceptors (Lipinski definition) is 5. The van der Waals surface area contributed by atoms with Crippen molar-refractivity contribution in [3.63, 3.8) is 0 Å². The number of nitrogens with one attached hydrogen (secondary N) is 3. The van der Waals surface area contributed by atoms with Crippen LogP contribution >= 0.6 is 0 Å². The van der Waals surface area contributed by atoms with E-state index >= 15 is 0 Å². The molecule has 0 saturated carbocycles. The average Bonchev–Trinajstić information content (AvgIpc) is 3.11. The number of nitrogens with zero attached hydrogens (tertiary/aromatic N) is 2. The highest BCUT2D eigenvalue weighted by Crippen LogP contribution is 2.19. The fraction of sp³-hybridized carbons (Fsp3) is 0.333. The number of anilines is 3. The maximum atomic E-state index is 12.6. The molecule has 1 aliphatic heterocycles. The lowest BCUT2D eigenvalue weighted by molar-refractivity contribution is -0.125. The van der Waals surface area contributed by atoms with Crippen LogP contribution in [0.3, 0.4) is 0 Å². The van der Waals surface area contributed by atoms with E-state index in [9.17, 15) is 19.2 Å². The molecule has 0 aliphatic carbocycles. The SMILES string of the molecule is CCN(c1ccc(C(=O)Nc2ccc(NC(=O)CCN3C(=O)CNC3=O)cc2)cc1)C(C)C. The second kappa shape index (κ2) is 10.6. The van der Waals surface area contributed by atoms with Crippen LogP contribution in [0.2, 0.25) is 0 Å². The molecule has 0 radical (unpaired) electrons. The molecule has 3 N–H and O–H groups in total. The van der Waals surface area contributed by atoms with Crippen molar-refractivity contribution in [3.8, 4) is 0 Å². The summed E-state index contributed by atoms with van der Waals surface area (Å²) in [7, 11) is 0. The van der Waals surface area contributed by atoms with E-state index in [-0.39, 0.29) is 37.2 Å². The molecule has 1 fully saturated rings. The highest BCUT2D eigenvalue weighted by Gasteiger charge is 2.28. The number of hydrogen-bond donors (Lipinski definition) is 3. The molecule has 0 spiro atoms. The number of urea groups is 1. The Morgan fingerprint density at radius 1 is 1.00 bits per heavy atom. The number of amides is 5. The van der Waals surface area contributed by atoms with E-state index in [2.05, 4.69) is 41.6 Å². The smallest absolute Gasteiger partial charge is 0.324 e. The lowest BCUT2D eigenvalue weighted by Gasteiger charge is -2.27. The van der Waals surface area contributed by atoms with E-state index in [4.69, 9.17) is 0 Å². The van der Waals surface area contributed by atoms with Gasteiger partial charge in [-0.15, -0.1) is 0 Å². The highest BCUT2D eigenvalue weighted by atomic mass is 16.2. The number of carbonyl (C=O) groups is 4. The summed E-state index contributed by atoms with van der Waals surface area (Å²) in [6.07, 6.45) is -0.0000876. The molecule has 3 rings (SSSR count). The first-order valence-corrected chi connectivity index (χ1v) is 10.9. The molecule has 5 amide bonds. The lowest BCUT2D eigenvalue weighted by Crippen LogP contribution is -2.33. The second-order valence-corrected chi connectivity index (χ2v) is 7.96. The van der Waals surface area contributed by atoms with Crippen LogP contribution in [0.25, 0.3) is 0 Å². The Balaban J connectivity index is 1.51. The van der Waals surface area contributed by atoms with Crippen molar-refractivity contribution in [2.24, 2.45) is 0 Å². The molecule has 0 atom stereocenters. The summed E-state index contributed by atoms with van der Waals surface area (Å²) in [6.45, 7) is 7.23. The number of benzene rings is 2. The molecule has 0 unspecified atom stereocenters. The molecule has 1 heterocycles. The van der Waals surface area contributed by atoms with Gasteiger partial charge in [0.25, 0.3) is 5.91 Å². The van der Waals surface area contributed by atoms with Gasteiger partial charge in [0.1, 0.15) is 0 Å². The third-order valence-corrected chi connectivity index (χ3v) is 5.35. The Hall–Kier alpha value is -3.88. The van der Waals surface area contributed by atoms with Crippen LogP contribution < -0.4 is 20.9 Å². The molecular formula is C24H29N5O4. The van der Waals surface area contributed by atoms with Crippen LogP contribution in [-0.4, -0.2) is 54.3 Å². The molecule has 9 heteroatoms. The second-order valence-electron chi connectivity index (χ2n) is 7.96. The van der Waals surface area contributed by atoms with Gasteiger partial charge in [0.2, 0.25) is 11.8 Å². The Morgan fingerprint density at radius 3 is 2.12 bits per heavy atom. The fourth-order valence-electron chi connectivity index (χ4n) is 3.61. The normalized spacial score (nSPS) is 13.2. The van der Waals surface area contributed by atoms with Crippen molar-refractivity contribution in [1.82, 2.24) is 10.2 Å². The molecule has 174 valence electrons. The molecular weight excluding hydrogens is 422 g/mol. The summed E-state index contributed by atoms with van der Waals surface area (Å²) >= 11 is 0. The predicted octanol–water partition coefficient (Wildman–Crippen LogP) is 3.05. The Labute approximate surface area is 193 Å². The molecule has 2 aromatic carbocycles. The Kier molecular flexibility index (Phi) is 7.66. The zero-order chi connectivity index (χ0) is 24.0. The fourth-order valence-corrected chi connectivity index (χ4v) is 3.61. The van der Waals surface area contributed by atoms with Gasteiger partial charge in [0, 0.05) is 48.2 Å². The number of imide groups is 1. The Bertz CT molecular complexity index is 1000. The van der Waals surface area contributed by atoms with Gasteiger partial charge in [-0.3, -0.25) is 19.3 Å². The molecule has 2 aromatic rings. The molecule has 0 aromatic heterocycles. The lowest BCUT2D eigenvalue weighted by atomic mass is 10.1. The summed E-state index contributed by atoms with van der Waals surface area (Å²) in [5.74, 6) is -0.883. The summed E-state index contributed by atoms with van der Waals surface area (Å²) in [5, 5.41) is 7.97. The van der Waals surface area contributed by atoms with E-state index < -0.39 is 6.03 Å². The molecule has 9 nitrogen and oxygen atoms in total. The van der Waals surface area contributed by atoms with Crippen LogP contribution in [0.4, 0.5) is 21.9 Å². The van der Waals surface area contributed by atoms with Crippen molar-refractivity contribution >= 4 is 40.8 Å². The number of rotatable bonds is 9. The zero-order valence-electron chi connectivity index (χ0n) is 19.1. The van der Waals surface area contributed by atoms with Crippen molar-refractivity contribution in [3.05, 3.63) is 54.1 Å². The Morgan fingerprint density at radius 2 is 1.61 bits per heavy atom. The van der Waals surface area contributed by atoms with E-state index in [1.165, 1.54) is 0 Å². The third kappa shape index (κ3) is 6.09. The minimum Gasteiger partial charge on any atom is -0.369 e. The van der Waals surface area contributed by atoms with Crippen LogP contribution in [-0.2, 0) is 9.59 Å². The molecule has 1 saturated heterocycles. The van der Waals surface area contributed by atoms with Gasteiger partial charge in [-0.2, -0.15) is 0 Å². The van der Waals surface area contributed by atoms with Gasteiger partial charge in [0.05, 0.1) is 6.54 Å². The van der Waals surface area contributed by atoms with Crippen LogP contribution in [0.15, 0.2) is 48.5 Å². The molecule has 1 aliphatic rings. The average molecular weight is 452 g/mol. The molecule has 0 bridgehead atoms. The summed E-state index contributed by atoms with van der Waals surface area (Å²) in [6, 6.07) is 14.1. The quantitative estimate of drug-likeness (QED) is 0.508. The van der Waals surface area contributed by atoms with Crippen molar-refractivity contribution in [1.29, 1.82) is 0 Å². The third-order valence-electron chi connectivity index (χ3n) is 5.35. The van der Waals surface area contributed by atoms with E-state index in [1.807, 2.05) is 12.1 Å². The monoisotopic (exact) mass is 451 g/mol.